The van der Waals surface area contributed by atoms with E-state index >= 15 is 0 Å². The van der Waals surface area contributed by atoms with Gasteiger partial charge >= 0.3 is 0 Å². The first kappa shape index (κ1) is 19.6. The van der Waals surface area contributed by atoms with E-state index in [1.807, 2.05) is 31.3 Å². The summed E-state index contributed by atoms with van der Waals surface area (Å²) in [5.74, 6) is 1.48. The second kappa shape index (κ2) is 9.18. The van der Waals surface area contributed by atoms with Crippen molar-refractivity contribution >= 4 is 11.6 Å². The molecule has 2 aliphatic rings. The molecule has 1 fully saturated rings. The Labute approximate surface area is 172 Å². The summed E-state index contributed by atoms with van der Waals surface area (Å²) in [5, 5.41) is 2.97. The zero-order valence-electron chi connectivity index (χ0n) is 17.0. The van der Waals surface area contributed by atoms with E-state index in [-0.39, 0.29) is 12.0 Å². The second-order valence-electron chi connectivity index (χ2n) is 7.80. The summed E-state index contributed by atoms with van der Waals surface area (Å²) in [5.41, 5.74) is 2.56. The van der Waals surface area contributed by atoms with Crippen molar-refractivity contribution in [3.8, 4) is 11.5 Å². The molecule has 0 saturated carbocycles. The van der Waals surface area contributed by atoms with Crippen LogP contribution in [0.1, 0.15) is 18.4 Å². The van der Waals surface area contributed by atoms with Gasteiger partial charge in [0.15, 0.2) is 11.5 Å². The molecule has 0 aliphatic carbocycles. The minimum Gasteiger partial charge on any atom is -0.486 e. The van der Waals surface area contributed by atoms with Crippen LogP contribution >= 0.6 is 0 Å². The molecule has 29 heavy (non-hydrogen) atoms. The van der Waals surface area contributed by atoms with Crippen LogP contribution in [0.2, 0.25) is 0 Å². The Bertz CT molecular complexity index is 836. The van der Waals surface area contributed by atoms with Crippen molar-refractivity contribution in [2.45, 2.75) is 25.5 Å². The lowest BCUT2D eigenvalue weighted by Gasteiger charge is -2.27. The number of hydrogen-bond donors (Lipinski definition) is 1. The molecule has 1 atom stereocenters. The highest BCUT2D eigenvalue weighted by Gasteiger charge is 2.21. The number of benzene rings is 2. The van der Waals surface area contributed by atoms with Gasteiger partial charge in [-0.3, -0.25) is 9.69 Å². The first-order valence-electron chi connectivity index (χ1n) is 10.4. The molecule has 0 bridgehead atoms. The number of fused-ring (bicyclic) bond motifs is 1. The lowest BCUT2D eigenvalue weighted by Crippen LogP contribution is -2.43. The number of likely N-dealkylation sites (N-methyl/N-ethyl adjacent to an activating group) is 1. The van der Waals surface area contributed by atoms with Gasteiger partial charge in [0.25, 0.3) is 0 Å². The summed E-state index contributed by atoms with van der Waals surface area (Å²) in [6.07, 6.45) is 2.34. The van der Waals surface area contributed by atoms with Crippen LogP contribution in [0.25, 0.3) is 0 Å². The van der Waals surface area contributed by atoms with E-state index in [2.05, 4.69) is 39.4 Å². The smallest absolute Gasteiger partial charge is 0.234 e. The molecule has 4 rings (SSSR count). The quantitative estimate of drug-likeness (QED) is 0.781. The van der Waals surface area contributed by atoms with Crippen LogP contribution in [0.5, 0.6) is 11.5 Å². The van der Waals surface area contributed by atoms with Gasteiger partial charge in [0, 0.05) is 25.3 Å². The summed E-state index contributed by atoms with van der Waals surface area (Å²) < 4.78 is 11.6. The van der Waals surface area contributed by atoms with Gasteiger partial charge in [0.05, 0.1) is 13.1 Å². The zero-order valence-corrected chi connectivity index (χ0v) is 17.0. The fourth-order valence-corrected chi connectivity index (χ4v) is 3.95. The van der Waals surface area contributed by atoms with Gasteiger partial charge in [-0.25, -0.2) is 0 Å². The molecule has 1 saturated heterocycles. The minimum absolute atomic E-state index is 0.00591. The third-order valence-electron chi connectivity index (χ3n) is 5.39. The zero-order chi connectivity index (χ0) is 20.1. The third-order valence-corrected chi connectivity index (χ3v) is 5.39. The van der Waals surface area contributed by atoms with Crippen LogP contribution < -0.4 is 19.7 Å². The first-order valence-corrected chi connectivity index (χ1v) is 10.4. The molecule has 1 N–H and O–H groups in total. The highest BCUT2D eigenvalue weighted by Crippen LogP contribution is 2.30. The van der Waals surface area contributed by atoms with Crippen molar-refractivity contribution in [1.82, 2.24) is 10.2 Å². The van der Waals surface area contributed by atoms with E-state index in [0.29, 0.717) is 19.7 Å². The average Bonchev–Trinajstić information content (AvgIpc) is 3.27. The number of nitrogens with one attached hydrogen (secondary N) is 1. The van der Waals surface area contributed by atoms with E-state index in [1.165, 1.54) is 24.1 Å². The number of nitrogens with zero attached hydrogens (tertiary/aromatic N) is 2. The summed E-state index contributed by atoms with van der Waals surface area (Å²) in [4.78, 5) is 16.9. The molecule has 0 spiro atoms. The number of carbonyl (C=O) groups excluding carboxylic acids is 1. The van der Waals surface area contributed by atoms with Gasteiger partial charge in [0.1, 0.15) is 12.7 Å². The lowest BCUT2D eigenvalue weighted by molar-refractivity contribution is -0.122. The molecular formula is C23H29N3O3. The van der Waals surface area contributed by atoms with E-state index in [1.54, 1.807) is 0 Å². The molecule has 6 nitrogen and oxygen atoms in total. The third kappa shape index (κ3) is 5.01. The minimum atomic E-state index is -0.171. The molecule has 2 heterocycles. The SMILES string of the molecule is CN(CC(=O)NC[C@@H]1COc2ccccc2O1)Cc1ccccc1N1CCCC1. The van der Waals surface area contributed by atoms with Crippen LogP contribution in [0.4, 0.5) is 5.69 Å². The highest BCUT2D eigenvalue weighted by molar-refractivity contribution is 5.78. The molecule has 2 aromatic rings. The number of ether oxygens (including phenoxy) is 2. The van der Waals surface area contributed by atoms with Crippen LogP contribution in [0.15, 0.2) is 48.5 Å². The fraction of sp³-hybridized carbons (Fsp3) is 0.435. The normalized spacial score (nSPS) is 18.1. The van der Waals surface area contributed by atoms with E-state index in [0.717, 1.165) is 31.1 Å². The predicted molar refractivity (Wildman–Crippen MR) is 114 cm³/mol. The van der Waals surface area contributed by atoms with Crippen LogP contribution in [0, 0.1) is 0 Å². The topological polar surface area (TPSA) is 54.0 Å². The van der Waals surface area contributed by atoms with Crippen LogP contribution in [0.3, 0.4) is 0 Å². The van der Waals surface area contributed by atoms with Gasteiger partial charge in [-0.15, -0.1) is 0 Å². The first-order chi connectivity index (χ1) is 14.2. The van der Waals surface area contributed by atoms with Crippen molar-refractivity contribution in [2.24, 2.45) is 0 Å². The summed E-state index contributed by atoms with van der Waals surface area (Å²) in [6.45, 7) is 4.21. The molecule has 1 amide bonds. The van der Waals surface area contributed by atoms with Gasteiger partial charge < -0.3 is 19.7 Å². The molecule has 0 radical (unpaired) electrons. The number of amides is 1. The monoisotopic (exact) mass is 395 g/mol. The number of carbonyl (C=O) groups is 1. The second-order valence-corrected chi connectivity index (χ2v) is 7.80. The van der Waals surface area contributed by atoms with E-state index in [4.69, 9.17) is 9.47 Å². The molecule has 0 aromatic heterocycles. The van der Waals surface area contributed by atoms with Crippen molar-refractivity contribution in [3.63, 3.8) is 0 Å². The van der Waals surface area contributed by atoms with E-state index < -0.39 is 0 Å². The molecular weight excluding hydrogens is 366 g/mol. The predicted octanol–water partition coefficient (Wildman–Crippen LogP) is 2.67. The van der Waals surface area contributed by atoms with Gasteiger partial charge in [-0.2, -0.15) is 0 Å². The number of para-hydroxylation sites is 3. The number of hydrogen-bond acceptors (Lipinski definition) is 5. The number of rotatable bonds is 7. The Morgan fingerprint density at radius 1 is 1.10 bits per heavy atom. The summed E-state index contributed by atoms with van der Waals surface area (Å²) in [6, 6.07) is 16.1. The Kier molecular flexibility index (Phi) is 6.20. The molecule has 154 valence electrons. The fourth-order valence-electron chi connectivity index (χ4n) is 3.95. The standard InChI is InChI=1S/C23H29N3O3/c1-25(15-18-8-2-3-9-20(18)26-12-6-7-13-26)16-23(27)24-14-19-17-28-21-10-4-5-11-22(21)29-19/h2-5,8-11,19H,6-7,12-17H2,1H3,(H,24,27)/t19-/m1/s1. The van der Waals surface area contributed by atoms with Crippen molar-refractivity contribution in [1.29, 1.82) is 0 Å². The average molecular weight is 396 g/mol. The van der Waals surface area contributed by atoms with Crippen molar-refractivity contribution in [2.75, 3.05) is 44.7 Å². The van der Waals surface area contributed by atoms with Gasteiger partial charge in [-0.05, 0) is 43.7 Å². The molecule has 2 aromatic carbocycles. The molecule has 6 heteroatoms. The van der Waals surface area contributed by atoms with Crippen LogP contribution in [-0.2, 0) is 11.3 Å². The maximum atomic E-state index is 12.4. The van der Waals surface area contributed by atoms with Crippen molar-refractivity contribution in [3.05, 3.63) is 54.1 Å². The number of anilines is 1. The molecule has 0 unspecified atom stereocenters. The van der Waals surface area contributed by atoms with Gasteiger partial charge in [-0.1, -0.05) is 30.3 Å². The Morgan fingerprint density at radius 3 is 2.66 bits per heavy atom. The van der Waals surface area contributed by atoms with Crippen LogP contribution in [-0.4, -0.2) is 56.7 Å². The summed E-state index contributed by atoms with van der Waals surface area (Å²) in [7, 11) is 1.98. The Balaban J connectivity index is 1.25. The largest absolute Gasteiger partial charge is 0.486 e. The Morgan fingerprint density at radius 2 is 1.83 bits per heavy atom. The molecule has 2 aliphatic heterocycles. The maximum absolute atomic E-state index is 12.4. The highest BCUT2D eigenvalue weighted by atomic mass is 16.6. The lowest BCUT2D eigenvalue weighted by atomic mass is 10.1. The van der Waals surface area contributed by atoms with Crippen molar-refractivity contribution < 1.29 is 14.3 Å². The maximum Gasteiger partial charge on any atom is 0.234 e. The van der Waals surface area contributed by atoms with Gasteiger partial charge in [0.2, 0.25) is 5.91 Å². The summed E-state index contributed by atoms with van der Waals surface area (Å²) >= 11 is 0. The van der Waals surface area contributed by atoms with E-state index in [9.17, 15) is 4.79 Å². The Hall–Kier alpha value is -2.73.